The zero-order chi connectivity index (χ0) is 24.3. The minimum absolute atomic E-state index is 0.278. The normalized spacial score (nSPS) is 12.5. The SMILES string of the molecule is C=CCc1ccc(-c2ccc3cc(/C=C/CCCC(C)OCCCCC)ccc3c2)c(F)c1F. The van der Waals surface area contributed by atoms with Crippen molar-refractivity contribution in [1.82, 2.24) is 0 Å². The summed E-state index contributed by atoms with van der Waals surface area (Å²) < 4.78 is 34.9. The molecule has 0 N–H and O–H groups in total. The maximum Gasteiger partial charge on any atom is 0.166 e. The monoisotopic (exact) mass is 462 g/mol. The molecule has 34 heavy (non-hydrogen) atoms. The third-order valence-electron chi connectivity index (χ3n) is 6.14. The summed E-state index contributed by atoms with van der Waals surface area (Å²) in [6.07, 6.45) is 13.4. The molecule has 1 atom stereocenters. The molecule has 180 valence electrons. The lowest BCUT2D eigenvalue weighted by Gasteiger charge is -2.12. The molecule has 0 spiro atoms. The second kappa shape index (κ2) is 13.2. The van der Waals surface area contributed by atoms with Crippen LogP contribution in [0.15, 0.2) is 67.3 Å². The molecule has 3 aromatic carbocycles. The van der Waals surface area contributed by atoms with Gasteiger partial charge in [0.1, 0.15) is 0 Å². The number of unbranched alkanes of at least 4 members (excludes halogenated alkanes) is 3. The Kier molecular flexibility index (Phi) is 10.0. The molecule has 3 heteroatoms. The number of halogens is 2. The molecule has 3 rings (SSSR count). The van der Waals surface area contributed by atoms with Gasteiger partial charge in [0.05, 0.1) is 6.10 Å². The highest BCUT2D eigenvalue weighted by atomic mass is 19.2. The molecule has 0 bridgehead atoms. The summed E-state index contributed by atoms with van der Waals surface area (Å²) in [7, 11) is 0. The van der Waals surface area contributed by atoms with Crippen LogP contribution in [-0.2, 0) is 11.2 Å². The van der Waals surface area contributed by atoms with Crippen molar-refractivity contribution in [2.45, 2.75) is 64.9 Å². The molecule has 3 aromatic rings. The van der Waals surface area contributed by atoms with E-state index in [0.29, 0.717) is 23.7 Å². The predicted molar refractivity (Wildman–Crippen MR) is 141 cm³/mol. The standard InChI is InChI=1S/C31H36F2O/c1-4-6-10-20-34-23(3)12-8-7-9-13-24-14-15-27-22-28(17-16-26(27)21-24)29-19-18-25(11-5-2)30(32)31(29)33/h5,9,13-19,21-23H,2,4,6-8,10-12,20H2,1,3H3/b13-9+. The fraction of sp³-hybridized carbons (Fsp3) is 0.355. The van der Waals surface area contributed by atoms with E-state index in [1.54, 1.807) is 18.2 Å². The summed E-state index contributed by atoms with van der Waals surface area (Å²) in [6, 6.07) is 15.2. The Hall–Kier alpha value is -2.78. The fourth-order valence-corrected chi connectivity index (χ4v) is 4.12. The van der Waals surface area contributed by atoms with Gasteiger partial charge in [-0.15, -0.1) is 6.58 Å². The van der Waals surface area contributed by atoms with Gasteiger partial charge in [-0.05, 0) is 78.6 Å². The Morgan fingerprint density at radius 2 is 1.74 bits per heavy atom. The van der Waals surface area contributed by atoms with E-state index in [1.165, 1.54) is 12.8 Å². The van der Waals surface area contributed by atoms with Gasteiger partial charge < -0.3 is 4.74 Å². The molecular formula is C31H36F2O. The van der Waals surface area contributed by atoms with E-state index in [-0.39, 0.29) is 5.56 Å². The Labute approximate surface area is 203 Å². The maximum atomic E-state index is 14.7. The van der Waals surface area contributed by atoms with Crippen molar-refractivity contribution in [1.29, 1.82) is 0 Å². The van der Waals surface area contributed by atoms with Crippen LogP contribution in [0, 0.1) is 11.6 Å². The number of fused-ring (bicyclic) bond motifs is 1. The largest absolute Gasteiger partial charge is 0.379 e. The van der Waals surface area contributed by atoms with Gasteiger partial charge in [0.2, 0.25) is 0 Å². The van der Waals surface area contributed by atoms with E-state index < -0.39 is 11.6 Å². The molecule has 0 aliphatic heterocycles. The van der Waals surface area contributed by atoms with E-state index in [0.717, 1.165) is 48.6 Å². The quantitative estimate of drug-likeness (QED) is 0.182. The highest BCUT2D eigenvalue weighted by molar-refractivity contribution is 5.89. The second-order valence-electron chi connectivity index (χ2n) is 8.94. The lowest BCUT2D eigenvalue weighted by atomic mass is 9.97. The minimum atomic E-state index is -0.807. The number of ether oxygens (including phenoxy) is 1. The first-order chi connectivity index (χ1) is 16.5. The van der Waals surface area contributed by atoms with Crippen molar-refractivity contribution in [3.63, 3.8) is 0 Å². The maximum absolute atomic E-state index is 14.7. The predicted octanol–water partition coefficient (Wildman–Crippen LogP) is 9.29. The van der Waals surface area contributed by atoms with Crippen LogP contribution in [0.5, 0.6) is 0 Å². The van der Waals surface area contributed by atoms with Crippen LogP contribution >= 0.6 is 0 Å². The Bertz CT molecular complexity index is 1120. The average Bonchev–Trinajstić information content (AvgIpc) is 2.84. The lowest BCUT2D eigenvalue weighted by molar-refractivity contribution is 0.0566. The van der Waals surface area contributed by atoms with Crippen molar-refractivity contribution < 1.29 is 13.5 Å². The first-order valence-corrected chi connectivity index (χ1v) is 12.4. The van der Waals surface area contributed by atoms with Crippen molar-refractivity contribution in [2.75, 3.05) is 6.61 Å². The summed E-state index contributed by atoms with van der Waals surface area (Å²) in [4.78, 5) is 0. The topological polar surface area (TPSA) is 9.23 Å². The zero-order valence-electron chi connectivity index (χ0n) is 20.5. The number of benzene rings is 3. The average molecular weight is 463 g/mol. The first-order valence-electron chi connectivity index (χ1n) is 12.4. The van der Waals surface area contributed by atoms with E-state index in [2.05, 4.69) is 44.7 Å². The fourth-order valence-electron chi connectivity index (χ4n) is 4.12. The van der Waals surface area contributed by atoms with Crippen LogP contribution < -0.4 is 0 Å². The van der Waals surface area contributed by atoms with E-state index in [1.807, 2.05) is 24.3 Å². The van der Waals surface area contributed by atoms with Crippen LogP contribution in [0.3, 0.4) is 0 Å². The minimum Gasteiger partial charge on any atom is -0.379 e. The zero-order valence-corrected chi connectivity index (χ0v) is 20.5. The van der Waals surface area contributed by atoms with Crippen molar-refractivity contribution >= 4 is 16.8 Å². The molecule has 0 heterocycles. The van der Waals surface area contributed by atoms with Crippen LogP contribution in [0.4, 0.5) is 8.78 Å². The number of rotatable bonds is 13. The summed E-state index contributed by atoms with van der Waals surface area (Å²) in [5.41, 5.74) is 2.40. The second-order valence-corrected chi connectivity index (χ2v) is 8.94. The van der Waals surface area contributed by atoms with Gasteiger partial charge >= 0.3 is 0 Å². The first kappa shape index (κ1) is 25.8. The molecule has 0 saturated heterocycles. The molecule has 0 amide bonds. The van der Waals surface area contributed by atoms with Gasteiger partial charge in [-0.2, -0.15) is 0 Å². The molecule has 0 aromatic heterocycles. The van der Waals surface area contributed by atoms with E-state index in [9.17, 15) is 8.78 Å². The smallest absolute Gasteiger partial charge is 0.166 e. The van der Waals surface area contributed by atoms with E-state index >= 15 is 0 Å². The molecule has 1 unspecified atom stereocenters. The summed E-state index contributed by atoms with van der Waals surface area (Å²) >= 11 is 0. The summed E-state index contributed by atoms with van der Waals surface area (Å²) in [5.74, 6) is -1.60. The van der Waals surface area contributed by atoms with Crippen LogP contribution in [-0.4, -0.2) is 12.7 Å². The molecular weight excluding hydrogens is 426 g/mol. The van der Waals surface area contributed by atoms with Gasteiger partial charge in [-0.1, -0.05) is 74.4 Å². The molecule has 0 aliphatic carbocycles. The molecule has 1 nitrogen and oxygen atoms in total. The van der Waals surface area contributed by atoms with Gasteiger partial charge in [-0.25, -0.2) is 8.78 Å². The van der Waals surface area contributed by atoms with Crippen molar-refractivity contribution in [3.05, 3.63) is 90.0 Å². The third-order valence-corrected chi connectivity index (χ3v) is 6.14. The Balaban J connectivity index is 1.59. The molecule has 0 saturated carbocycles. The highest BCUT2D eigenvalue weighted by Gasteiger charge is 2.14. The number of allylic oxidation sites excluding steroid dienone is 2. The van der Waals surface area contributed by atoms with Gasteiger partial charge in [-0.3, -0.25) is 0 Å². The summed E-state index contributed by atoms with van der Waals surface area (Å²) in [5, 5.41) is 2.07. The van der Waals surface area contributed by atoms with Crippen LogP contribution in [0.1, 0.15) is 63.5 Å². The Morgan fingerprint density at radius 1 is 0.941 bits per heavy atom. The number of hydrogen-bond acceptors (Lipinski definition) is 1. The third kappa shape index (κ3) is 7.11. The van der Waals surface area contributed by atoms with Gasteiger partial charge in [0, 0.05) is 12.2 Å². The van der Waals surface area contributed by atoms with Crippen LogP contribution in [0.25, 0.3) is 28.0 Å². The van der Waals surface area contributed by atoms with Gasteiger partial charge in [0.15, 0.2) is 11.6 Å². The lowest BCUT2D eigenvalue weighted by Crippen LogP contribution is -2.08. The van der Waals surface area contributed by atoms with Crippen LogP contribution in [0.2, 0.25) is 0 Å². The molecule has 0 fully saturated rings. The molecule has 0 aliphatic rings. The summed E-state index contributed by atoms with van der Waals surface area (Å²) in [6.45, 7) is 8.83. The Morgan fingerprint density at radius 3 is 2.53 bits per heavy atom. The molecule has 0 radical (unpaired) electrons. The van der Waals surface area contributed by atoms with E-state index in [4.69, 9.17) is 4.74 Å². The number of hydrogen-bond donors (Lipinski definition) is 0. The van der Waals surface area contributed by atoms with Crippen molar-refractivity contribution in [3.8, 4) is 11.1 Å². The van der Waals surface area contributed by atoms with Crippen molar-refractivity contribution in [2.24, 2.45) is 0 Å². The highest BCUT2D eigenvalue weighted by Crippen LogP contribution is 2.30. The van der Waals surface area contributed by atoms with Gasteiger partial charge in [0.25, 0.3) is 0 Å².